The van der Waals surface area contributed by atoms with Gasteiger partial charge >= 0.3 is 17.4 Å². The summed E-state index contributed by atoms with van der Waals surface area (Å²) in [7, 11) is 0.222. The number of ether oxygens (including phenoxy) is 1. The number of nitrogens with zero attached hydrogens (tertiary/aromatic N) is 1. The van der Waals surface area contributed by atoms with Crippen molar-refractivity contribution in [1.82, 2.24) is 4.81 Å². The Morgan fingerprint density at radius 2 is 1.60 bits per heavy atom. The van der Waals surface area contributed by atoms with Crippen LogP contribution in [-0.2, 0) is 23.9 Å². The number of cyclic esters (lactones) is 2. The molecular weight excluding hydrogens is 201 g/mol. The lowest BCUT2D eigenvalue weighted by Gasteiger charge is -2.46. The van der Waals surface area contributed by atoms with Gasteiger partial charge in [-0.15, -0.1) is 0 Å². The summed E-state index contributed by atoms with van der Waals surface area (Å²) in [4.78, 5) is 45.9. The largest absolute Gasteiger partial charge is 0.390 e. The first kappa shape index (κ1) is 9.88. The molecule has 0 N–H and O–H groups in total. The SMILES string of the molecule is CC(C)BN1C(=O)C2(C(=O)OC2=O)C1=O. The summed E-state index contributed by atoms with van der Waals surface area (Å²) in [5, 5.41) is 0. The van der Waals surface area contributed by atoms with E-state index in [9.17, 15) is 19.2 Å². The highest BCUT2D eigenvalue weighted by molar-refractivity contribution is 6.60. The average molecular weight is 209 g/mol. The Bertz CT molecular complexity index is 370. The van der Waals surface area contributed by atoms with Crippen molar-refractivity contribution in [2.45, 2.75) is 19.7 Å². The predicted octanol–water partition coefficient (Wildman–Crippen LogP) is -1.40. The van der Waals surface area contributed by atoms with Crippen LogP contribution in [0.3, 0.4) is 0 Å². The lowest BCUT2D eigenvalue weighted by atomic mass is 9.64. The molecule has 0 aromatic heterocycles. The summed E-state index contributed by atoms with van der Waals surface area (Å²) in [6.07, 6.45) is 0. The van der Waals surface area contributed by atoms with Gasteiger partial charge in [0.1, 0.15) is 0 Å². The average Bonchev–Trinajstić information content (AvgIpc) is 2.14. The van der Waals surface area contributed by atoms with Crippen LogP contribution in [-0.4, -0.2) is 36.0 Å². The van der Waals surface area contributed by atoms with Crippen molar-refractivity contribution in [3.8, 4) is 0 Å². The van der Waals surface area contributed by atoms with Crippen LogP contribution in [0.1, 0.15) is 13.8 Å². The van der Waals surface area contributed by atoms with Crippen molar-refractivity contribution in [2.24, 2.45) is 5.41 Å². The van der Waals surface area contributed by atoms with Gasteiger partial charge < -0.3 is 9.55 Å². The minimum Gasteiger partial charge on any atom is -0.390 e. The maximum absolute atomic E-state index is 11.5. The van der Waals surface area contributed by atoms with Gasteiger partial charge in [-0.25, -0.2) is 9.59 Å². The third kappa shape index (κ3) is 0.899. The fraction of sp³-hybridized carbons (Fsp3) is 0.500. The van der Waals surface area contributed by atoms with Gasteiger partial charge in [-0.05, 0) is 0 Å². The lowest BCUT2D eigenvalue weighted by molar-refractivity contribution is -0.208. The van der Waals surface area contributed by atoms with Gasteiger partial charge in [0.15, 0.2) is 0 Å². The zero-order valence-electron chi connectivity index (χ0n) is 8.27. The number of amides is 2. The highest BCUT2D eigenvalue weighted by Crippen LogP contribution is 2.42. The van der Waals surface area contributed by atoms with Crippen molar-refractivity contribution >= 4 is 31.2 Å². The maximum atomic E-state index is 11.5. The van der Waals surface area contributed by atoms with E-state index in [2.05, 4.69) is 4.74 Å². The van der Waals surface area contributed by atoms with E-state index < -0.39 is 29.2 Å². The molecule has 0 unspecified atom stereocenters. The Morgan fingerprint density at radius 3 is 1.93 bits per heavy atom. The minimum atomic E-state index is -2.12. The quantitative estimate of drug-likeness (QED) is 0.242. The smallest absolute Gasteiger partial charge is 0.350 e. The molecular formula is C8H8BNO5. The minimum absolute atomic E-state index is 0.0986. The number of rotatable bonds is 2. The van der Waals surface area contributed by atoms with Gasteiger partial charge in [0.2, 0.25) is 0 Å². The fourth-order valence-electron chi connectivity index (χ4n) is 1.69. The molecule has 2 aliphatic rings. The second-order valence-electron chi connectivity index (χ2n) is 4.04. The Hall–Kier alpha value is -1.66. The second-order valence-corrected chi connectivity index (χ2v) is 4.04. The molecule has 78 valence electrons. The van der Waals surface area contributed by atoms with Crippen molar-refractivity contribution < 1.29 is 23.9 Å². The molecule has 7 heteroatoms. The van der Waals surface area contributed by atoms with Gasteiger partial charge in [0, 0.05) is 0 Å². The van der Waals surface area contributed by atoms with Crippen LogP contribution in [0.25, 0.3) is 0 Å². The molecule has 1 spiro atoms. The molecule has 0 atom stereocenters. The zero-order chi connectivity index (χ0) is 11.4. The monoisotopic (exact) mass is 209 g/mol. The fourth-order valence-corrected chi connectivity index (χ4v) is 1.69. The number of hydrogen-bond donors (Lipinski definition) is 0. The first-order valence-electron chi connectivity index (χ1n) is 4.55. The standard InChI is InChI=1S/C8H8BNO5/c1-3(2)9-10-4(11)8(5(10)12)6(13)15-7(8)14/h3,9H,1-2H3. The molecule has 0 aromatic carbocycles. The van der Waals surface area contributed by atoms with Crippen molar-refractivity contribution in [3.63, 3.8) is 0 Å². The second kappa shape index (κ2) is 2.68. The summed E-state index contributed by atoms with van der Waals surface area (Å²) in [5.41, 5.74) is -2.12. The molecule has 2 amide bonds. The van der Waals surface area contributed by atoms with Crippen molar-refractivity contribution in [1.29, 1.82) is 0 Å². The topological polar surface area (TPSA) is 80.8 Å². The lowest BCUT2D eigenvalue weighted by Crippen LogP contribution is -2.79. The molecule has 0 bridgehead atoms. The summed E-state index contributed by atoms with van der Waals surface area (Å²) in [6.45, 7) is 3.65. The maximum Gasteiger partial charge on any atom is 0.350 e. The number of carbonyl (C=O) groups is 4. The molecule has 0 aromatic rings. The summed E-state index contributed by atoms with van der Waals surface area (Å²) in [5.74, 6) is -3.48. The van der Waals surface area contributed by atoms with E-state index in [0.29, 0.717) is 0 Å². The van der Waals surface area contributed by atoms with Crippen molar-refractivity contribution in [3.05, 3.63) is 0 Å². The van der Waals surface area contributed by atoms with E-state index >= 15 is 0 Å². The van der Waals surface area contributed by atoms with Crippen LogP contribution in [0, 0.1) is 5.41 Å². The highest BCUT2D eigenvalue weighted by atomic mass is 16.6. The van der Waals surface area contributed by atoms with Crippen LogP contribution in [0.15, 0.2) is 0 Å². The summed E-state index contributed by atoms with van der Waals surface area (Å²) < 4.78 is 4.04. The van der Waals surface area contributed by atoms with Crippen LogP contribution in [0.4, 0.5) is 0 Å². The third-order valence-corrected chi connectivity index (χ3v) is 2.48. The van der Waals surface area contributed by atoms with E-state index in [0.717, 1.165) is 4.81 Å². The first-order valence-corrected chi connectivity index (χ1v) is 4.55. The Morgan fingerprint density at radius 1 is 1.13 bits per heavy atom. The molecule has 0 saturated carbocycles. The summed E-state index contributed by atoms with van der Waals surface area (Å²) >= 11 is 0. The molecule has 2 heterocycles. The number of esters is 2. The van der Waals surface area contributed by atoms with Gasteiger partial charge in [-0.1, -0.05) is 19.7 Å². The van der Waals surface area contributed by atoms with Gasteiger partial charge in [-0.2, -0.15) is 0 Å². The Balaban J connectivity index is 2.22. The molecule has 0 aliphatic carbocycles. The zero-order valence-corrected chi connectivity index (χ0v) is 8.27. The van der Waals surface area contributed by atoms with Crippen LogP contribution < -0.4 is 0 Å². The van der Waals surface area contributed by atoms with Gasteiger partial charge in [-0.3, -0.25) is 9.59 Å². The highest BCUT2D eigenvalue weighted by Gasteiger charge is 2.79. The number of β-lactam (4-membered cyclic amide) rings is 2. The van der Waals surface area contributed by atoms with E-state index in [1.807, 2.05) is 13.8 Å². The van der Waals surface area contributed by atoms with E-state index in [-0.39, 0.29) is 13.2 Å². The van der Waals surface area contributed by atoms with Gasteiger partial charge in [0.05, 0.1) is 0 Å². The molecule has 15 heavy (non-hydrogen) atoms. The molecule has 2 fully saturated rings. The van der Waals surface area contributed by atoms with Gasteiger partial charge in [0.25, 0.3) is 19.2 Å². The van der Waals surface area contributed by atoms with E-state index in [1.165, 1.54) is 0 Å². The van der Waals surface area contributed by atoms with Crippen LogP contribution in [0.5, 0.6) is 0 Å². The molecule has 2 aliphatic heterocycles. The molecule has 2 saturated heterocycles. The predicted molar refractivity (Wildman–Crippen MR) is 47.6 cm³/mol. The Kier molecular flexibility index (Phi) is 1.77. The molecule has 6 nitrogen and oxygen atoms in total. The van der Waals surface area contributed by atoms with Crippen molar-refractivity contribution in [2.75, 3.05) is 0 Å². The molecule has 0 radical (unpaired) electrons. The number of imide groups is 1. The van der Waals surface area contributed by atoms with E-state index in [4.69, 9.17) is 0 Å². The normalized spacial score (nSPS) is 22.7. The third-order valence-electron chi connectivity index (χ3n) is 2.48. The molecule has 2 rings (SSSR count). The van der Waals surface area contributed by atoms with Crippen LogP contribution in [0.2, 0.25) is 5.82 Å². The van der Waals surface area contributed by atoms with E-state index in [1.54, 1.807) is 0 Å². The Labute approximate surface area is 85.8 Å². The number of hydrogen-bond acceptors (Lipinski definition) is 5. The van der Waals surface area contributed by atoms with Crippen LogP contribution >= 0.6 is 0 Å². The number of carbonyl (C=O) groups excluding carboxylic acids is 4. The first-order chi connectivity index (χ1) is 6.92. The summed E-state index contributed by atoms with van der Waals surface area (Å²) in [6, 6.07) is 0.